The lowest BCUT2D eigenvalue weighted by Crippen LogP contribution is -2.13. The number of benzene rings is 3. The first-order chi connectivity index (χ1) is 12.5. The molecule has 0 bridgehead atoms. The first-order valence-corrected chi connectivity index (χ1v) is 9.36. The van der Waals surface area contributed by atoms with E-state index in [0.29, 0.717) is 5.69 Å². The molecule has 0 atom stereocenters. The number of hydrogen-bond acceptors (Lipinski definition) is 4. The molecule has 130 valence electrons. The second-order valence-corrected chi connectivity index (χ2v) is 7.44. The van der Waals surface area contributed by atoms with Crippen LogP contribution < -0.4 is 4.72 Å². The van der Waals surface area contributed by atoms with Crippen LogP contribution in [0.1, 0.15) is 0 Å². The number of aromatic nitrogens is 2. The van der Waals surface area contributed by atoms with E-state index in [4.69, 9.17) is 0 Å². The topological polar surface area (TPSA) is 84.2 Å². The van der Waals surface area contributed by atoms with E-state index in [0.717, 1.165) is 16.7 Å². The summed E-state index contributed by atoms with van der Waals surface area (Å²) in [5.41, 5.74) is 3.03. The zero-order chi connectivity index (χ0) is 18.1. The van der Waals surface area contributed by atoms with E-state index in [2.05, 4.69) is 9.71 Å². The van der Waals surface area contributed by atoms with Crippen molar-refractivity contribution in [1.82, 2.24) is 9.55 Å². The van der Waals surface area contributed by atoms with Crippen LogP contribution >= 0.6 is 0 Å². The van der Waals surface area contributed by atoms with Crippen molar-refractivity contribution < 1.29 is 13.5 Å². The number of nitrogens with zero attached hydrogens (tertiary/aromatic N) is 2. The zero-order valence-electron chi connectivity index (χ0n) is 13.6. The van der Waals surface area contributed by atoms with Gasteiger partial charge in [0.05, 0.1) is 21.6 Å². The van der Waals surface area contributed by atoms with Crippen molar-refractivity contribution in [3.8, 4) is 11.4 Å². The molecule has 2 N–H and O–H groups in total. The molecule has 7 heteroatoms. The van der Waals surface area contributed by atoms with Gasteiger partial charge in [0.25, 0.3) is 10.0 Å². The van der Waals surface area contributed by atoms with Crippen molar-refractivity contribution in [3.05, 3.63) is 79.1 Å². The zero-order valence-corrected chi connectivity index (χ0v) is 14.4. The maximum absolute atomic E-state index is 12.5. The Bertz CT molecular complexity index is 1180. The van der Waals surface area contributed by atoms with Crippen LogP contribution in [0, 0.1) is 0 Å². The third-order valence-corrected chi connectivity index (χ3v) is 5.37. The molecule has 0 aliphatic heterocycles. The molecule has 0 saturated carbocycles. The Labute approximate surface area is 150 Å². The molecule has 0 radical (unpaired) electrons. The summed E-state index contributed by atoms with van der Waals surface area (Å²) >= 11 is 0. The van der Waals surface area contributed by atoms with E-state index < -0.39 is 10.0 Å². The summed E-state index contributed by atoms with van der Waals surface area (Å²) in [5, 5.41) is 9.32. The van der Waals surface area contributed by atoms with Gasteiger partial charge >= 0.3 is 0 Å². The maximum Gasteiger partial charge on any atom is 0.261 e. The van der Waals surface area contributed by atoms with Crippen LogP contribution in [0.25, 0.3) is 16.7 Å². The monoisotopic (exact) mass is 365 g/mol. The van der Waals surface area contributed by atoms with Crippen LogP contribution in [0.15, 0.2) is 84.0 Å². The summed E-state index contributed by atoms with van der Waals surface area (Å²) in [6.45, 7) is 0. The van der Waals surface area contributed by atoms with E-state index >= 15 is 0 Å². The molecule has 0 fully saturated rings. The van der Waals surface area contributed by atoms with Crippen LogP contribution in [0.3, 0.4) is 0 Å². The van der Waals surface area contributed by atoms with E-state index in [9.17, 15) is 13.5 Å². The number of nitrogens with one attached hydrogen (secondary N) is 1. The molecule has 0 spiro atoms. The number of anilines is 1. The van der Waals surface area contributed by atoms with Crippen molar-refractivity contribution in [1.29, 1.82) is 0 Å². The number of fused-ring (bicyclic) bond motifs is 1. The Hall–Kier alpha value is -3.32. The minimum atomic E-state index is -3.74. The fourth-order valence-corrected chi connectivity index (χ4v) is 3.77. The molecule has 0 saturated heterocycles. The Balaban J connectivity index is 1.69. The first-order valence-electron chi connectivity index (χ1n) is 7.87. The minimum absolute atomic E-state index is 0.0120. The fourth-order valence-electron chi connectivity index (χ4n) is 2.72. The molecule has 26 heavy (non-hydrogen) atoms. The van der Waals surface area contributed by atoms with E-state index in [-0.39, 0.29) is 10.6 Å². The summed E-state index contributed by atoms with van der Waals surface area (Å²) in [6.07, 6.45) is 1.71. The van der Waals surface area contributed by atoms with E-state index in [1.54, 1.807) is 24.5 Å². The van der Waals surface area contributed by atoms with Gasteiger partial charge in [-0.2, -0.15) is 0 Å². The predicted octanol–water partition coefficient (Wildman–Crippen LogP) is 3.53. The molecule has 0 aliphatic rings. The Kier molecular flexibility index (Phi) is 3.85. The number of imidazole rings is 1. The van der Waals surface area contributed by atoms with Crippen LogP contribution in [-0.4, -0.2) is 23.1 Å². The van der Waals surface area contributed by atoms with Gasteiger partial charge in [0, 0.05) is 5.69 Å². The maximum atomic E-state index is 12.5. The van der Waals surface area contributed by atoms with Gasteiger partial charge in [-0.05, 0) is 54.6 Å². The fraction of sp³-hybridized carbons (Fsp3) is 0. The van der Waals surface area contributed by atoms with Crippen molar-refractivity contribution in [2.24, 2.45) is 0 Å². The van der Waals surface area contributed by atoms with Gasteiger partial charge in [0.1, 0.15) is 12.1 Å². The summed E-state index contributed by atoms with van der Waals surface area (Å²) in [7, 11) is -3.74. The number of phenolic OH excluding ortho intramolecular Hbond substituents is 1. The van der Waals surface area contributed by atoms with Gasteiger partial charge in [-0.15, -0.1) is 0 Å². The largest absolute Gasteiger partial charge is 0.508 e. The van der Waals surface area contributed by atoms with Crippen LogP contribution in [-0.2, 0) is 10.0 Å². The molecule has 1 heterocycles. The molecule has 4 aromatic rings. The predicted molar refractivity (Wildman–Crippen MR) is 100.0 cm³/mol. The van der Waals surface area contributed by atoms with Crippen LogP contribution in [0.5, 0.6) is 5.75 Å². The highest BCUT2D eigenvalue weighted by Gasteiger charge is 2.14. The quantitative estimate of drug-likeness (QED) is 0.579. The normalized spacial score (nSPS) is 11.5. The SMILES string of the molecule is O=S(=O)(Nc1cccc(-n2cnc3ccccc32)c1)c1ccc(O)cc1. The summed E-state index contributed by atoms with van der Waals surface area (Å²) < 4.78 is 29.5. The van der Waals surface area contributed by atoms with Crippen LogP contribution in [0.2, 0.25) is 0 Å². The Morgan fingerprint density at radius 1 is 0.923 bits per heavy atom. The highest BCUT2D eigenvalue weighted by molar-refractivity contribution is 7.92. The number of para-hydroxylation sites is 2. The molecular formula is C19H15N3O3S. The van der Waals surface area contributed by atoms with Gasteiger partial charge < -0.3 is 5.11 Å². The number of phenols is 1. The van der Waals surface area contributed by atoms with E-state index in [1.807, 2.05) is 34.9 Å². The minimum Gasteiger partial charge on any atom is -0.508 e. The number of sulfonamides is 1. The Morgan fingerprint density at radius 3 is 2.50 bits per heavy atom. The third kappa shape index (κ3) is 3.00. The molecule has 0 unspecified atom stereocenters. The summed E-state index contributed by atoms with van der Waals surface area (Å²) in [6, 6.07) is 20.2. The number of hydrogen-bond donors (Lipinski definition) is 2. The third-order valence-electron chi connectivity index (χ3n) is 3.98. The second-order valence-electron chi connectivity index (χ2n) is 5.75. The lowest BCUT2D eigenvalue weighted by atomic mass is 10.2. The molecule has 0 amide bonds. The van der Waals surface area contributed by atoms with Crippen molar-refractivity contribution in [2.75, 3.05) is 4.72 Å². The standard InChI is InChI=1S/C19H15N3O3S/c23-16-8-10-17(11-9-16)26(24,25)21-14-4-3-5-15(12-14)22-13-20-18-6-1-2-7-19(18)22/h1-13,21,23H. The second kappa shape index (κ2) is 6.20. The number of aromatic hydroxyl groups is 1. The lowest BCUT2D eigenvalue weighted by molar-refractivity contribution is 0.475. The van der Waals surface area contributed by atoms with Crippen molar-refractivity contribution in [3.63, 3.8) is 0 Å². The average Bonchev–Trinajstić information content (AvgIpc) is 3.06. The Morgan fingerprint density at radius 2 is 1.69 bits per heavy atom. The van der Waals surface area contributed by atoms with E-state index in [1.165, 1.54) is 24.3 Å². The molecular weight excluding hydrogens is 350 g/mol. The molecule has 4 rings (SSSR count). The molecule has 3 aromatic carbocycles. The highest BCUT2D eigenvalue weighted by atomic mass is 32.2. The van der Waals surface area contributed by atoms with Gasteiger partial charge in [-0.1, -0.05) is 18.2 Å². The smallest absolute Gasteiger partial charge is 0.261 e. The van der Waals surface area contributed by atoms with Gasteiger partial charge in [0.15, 0.2) is 0 Å². The molecule has 1 aromatic heterocycles. The summed E-state index contributed by atoms with van der Waals surface area (Å²) in [5.74, 6) is 0.0120. The average molecular weight is 365 g/mol. The van der Waals surface area contributed by atoms with Crippen molar-refractivity contribution in [2.45, 2.75) is 4.90 Å². The molecule has 0 aliphatic carbocycles. The van der Waals surface area contributed by atoms with Crippen molar-refractivity contribution >= 4 is 26.7 Å². The number of rotatable bonds is 4. The van der Waals surface area contributed by atoms with Gasteiger partial charge in [-0.25, -0.2) is 13.4 Å². The summed E-state index contributed by atoms with van der Waals surface area (Å²) in [4.78, 5) is 4.43. The van der Waals surface area contributed by atoms with Gasteiger partial charge in [-0.3, -0.25) is 9.29 Å². The highest BCUT2D eigenvalue weighted by Crippen LogP contribution is 2.23. The molecule has 6 nitrogen and oxygen atoms in total. The first kappa shape index (κ1) is 16.2. The van der Waals surface area contributed by atoms with Crippen LogP contribution in [0.4, 0.5) is 5.69 Å². The van der Waals surface area contributed by atoms with Gasteiger partial charge in [0.2, 0.25) is 0 Å². The lowest BCUT2D eigenvalue weighted by Gasteiger charge is -2.10.